The van der Waals surface area contributed by atoms with Crippen LogP contribution in [0.5, 0.6) is 17.2 Å². The first-order valence-electron chi connectivity index (χ1n) is 9.04. The molecule has 0 bridgehead atoms. The van der Waals surface area contributed by atoms with E-state index in [9.17, 15) is 9.59 Å². The number of methoxy groups -OCH3 is 4. The zero-order chi connectivity index (χ0) is 21.0. The van der Waals surface area contributed by atoms with Crippen LogP contribution in [0.25, 0.3) is 6.08 Å². The van der Waals surface area contributed by atoms with Crippen LogP contribution in [0.2, 0.25) is 0 Å². The van der Waals surface area contributed by atoms with Gasteiger partial charge in [-0.1, -0.05) is 0 Å². The molecule has 0 radical (unpaired) electrons. The summed E-state index contributed by atoms with van der Waals surface area (Å²) in [7, 11) is 5.93. The van der Waals surface area contributed by atoms with Gasteiger partial charge in [0.25, 0.3) is 0 Å². The molecule has 154 valence electrons. The molecule has 0 saturated carbocycles. The molecule has 3 rings (SSSR count). The first-order valence-corrected chi connectivity index (χ1v) is 9.85. The van der Waals surface area contributed by atoms with Crippen molar-refractivity contribution in [3.05, 3.63) is 39.8 Å². The van der Waals surface area contributed by atoms with E-state index in [0.717, 1.165) is 29.7 Å². The van der Waals surface area contributed by atoms with E-state index in [1.165, 1.54) is 45.9 Å². The zero-order valence-electron chi connectivity index (χ0n) is 16.8. The molecule has 0 unspecified atom stereocenters. The predicted octanol–water partition coefficient (Wildman–Crippen LogP) is 3.70. The molecule has 1 aromatic carbocycles. The SMILES string of the molecule is COC(=O)c1c(NC(=O)C=Cc2cc(OC)c(OC)c(OC)c2)sc2c1CCC2. The Hall–Kier alpha value is -3.00. The van der Waals surface area contributed by atoms with Gasteiger partial charge in [0.1, 0.15) is 5.00 Å². The summed E-state index contributed by atoms with van der Waals surface area (Å²) >= 11 is 1.44. The zero-order valence-corrected chi connectivity index (χ0v) is 17.6. The maximum absolute atomic E-state index is 12.5. The Bertz CT molecular complexity index is 937. The van der Waals surface area contributed by atoms with Gasteiger partial charge in [-0.3, -0.25) is 4.79 Å². The van der Waals surface area contributed by atoms with Crippen LogP contribution >= 0.6 is 11.3 Å². The largest absolute Gasteiger partial charge is 0.493 e. The number of thiophene rings is 1. The fraction of sp³-hybridized carbons (Fsp3) is 0.333. The first kappa shape index (κ1) is 20.7. The molecular weight excluding hydrogens is 394 g/mol. The molecule has 1 amide bonds. The normalized spacial score (nSPS) is 12.6. The Morgan fingerprint density at radius 2 is 1.72 bits per heavy atom. The summed E-state index contributed by atoms with van der Waals surface area (Å²) in [6.07, 6.45) is 5.79. The molecule has 1 heterocycles. The van der Waals surface area contributed by atoms with Gasteiger partial charge in [0, 0.05) is 11.0 Å². The third-order valence-electron chi connectivity index (χ3n) is 4.66. The van der Waals surface area contributed by atoms with Crippen LogP contribution in [0.4, 0.5) is 5.00 Å². The van der Waals surface area contributed by atoms with Crippen LogP contribution in [0.15, 0.2) is 18.2 Å². The van der Waals surface area contributed by atoms with Crippen molar-refractivity contribution < 1.29 is 28.5 Å². The van der Waals surface area contributed by atoms with Gasteiger partial charge >= 0.3 is 5.97 Å². The topological polar surface area (TPSA) is 83.1 Å². The lowest BCUT2D eigenvalue weighted by Gasteiger charge is -2.12. The summed E-state index contributed by atoms with van der Waals surface area (Å²) in [6.45, 7) is 0. The van der Waals surface area contributed by atoms with Crippen molar-refractivity contribution in [2.45, 2.75) is 19.3 Å². The maximum Gasteiger partial charge on any atom is 0.341 e. The number of nitrogens with one attached hydrogen (secondary N) is 1. The van der Waals surface area contributed by atoms with Gasteiger partial charge in [-0.2, -0.15) is 0 Å². The van der Waals surface area contributed by atoms with Crippen LogP contribution < -0.4 is 19.5 Å². The van der Waals surface area contributed by atoms with Crippen LogP contribution in [-0.2, 0) is 22.4 Å². The Morgan fingerprint density at radius 3 is 2.31 bits per heavy atom. The number of carbonyl (C=O) groups is 2. The number of carbonyl (C=O) groups excluding carboxylic acids is 2. The number of hydrogen-bond acceptors (Lipinski definition) is 7. The Morgan fingerprint density at radius 1 is 1.03 bits per heavy atom. The van der Waals surface area contributed by atoms with E-state index >= 15 is 0 Å². The smallest absolute Gasteiger partial charge is 0.341 e. The van der Waals surface area contributed by atoms with Crippen molar-refractivity contribution in [2.75, 3.05) is 33.8 Å². The highest BCUT2D eigenvalue weighted by Crippen LogP contribution is 2.40. The highest BCUT2D eigenvalue weighted by Gasteiger charge is 2.27. The summed E-state index contributed by atoms with van der Waals surface area (Å²) in [6, 6.07) is 3.48. The summed E-state index contributed by atoms with van der Waals surface area (Å²) in [5.41, 5.74) is 2.17. The van der Waals surface area contributed by atoms with E-state index in [-0.39, 0.29) is 5.91 Å². The van der Waals surface area contributed by atoms with Crippen molar-refractivity contribution in [1.29, 1.82) is 0 Å². The number of benzene rings is 1. The highest BCUT2D eigenvalue weighted by atomic mass is 32.1. The molecular formula is C21H23NO6S. The lowest BCUT2D eigenvalue weighted by atomic mass is 10.1. The lowest BCUT2D eigenvalue weighted by molar-refractivity contribution is -0.111. The minimum Gasteiger partial charge on any atom is -0.493 e. The van der Waals surface area contributed by atoms with Gasteiger partial charge in [-0.15, -0.1) is 11.3 Å². The quantitative estimate of drug-likeness (QED) is 0.546. The second-order valence-corrected chi connectivity index (χ2v) is 7.44. The standard InChI is InChI=1S/C21H23NO6S/c1-25-14-10-12(11-15(26-2)19(14)27-3)8-9-17(23)22-20-18(21(24)28-4)13-6-5-7-16(13)29-20/h8-11H,5-7H2,1-4H3,(H,22,23). The van der Waals surface area contributed by atoms with E-state index in [1.54, 1.807) is 18.2 Å². The molecule has 0 atom stereocenters. The van der Waals surface area contributed by atoms with E-state index < -0.39 is 5.97 Å². The van der Waals surface area contributed by atoms with Crippen molar-refractivity contribution >= 4 is 34.3 Å². The second-order valence-electron chi connectivity index (χ2n) is 6.33. The summed E-state index contributed by atoms with van der Waals surface area (Å²) in [5, 5.41) is 3.34. The van der Waals surface area contributed by atoms with Gasteiger partial charge < -0.3 is 24.3 Å². The number of fused-ring (bicyclic) bond motifs is 1. The molecule has 0 spiro atoms. The first-order chi connectivity index (χ1) is 14.0. The fourth-order valence-electron chi connectivity index (χ4n) is 3.33. The average Bonchev–Trinajstić information content (AvgIpc) is 3.31. The molecule has 0 fully saturated rings. The minimum absolute atomic E-state index is 0.344. The minimum atomic E-state index is -0.423. The van der Waals surface area contributed by atoms with E-state index in [2.05, 4.69) is 5.32 Å². The number of amides is 1. The lowest BCUT2D eigenvalue weighted by Crippen LogP contribution is -2.12. The molecule has 1 N–H and O–H groups in total. The van der Waals surface area contributed by atoms with Crippen LogP contribution in [-0.4, -0.2) is 40.3 Å². The van der Waals surface area contributed by atoms with Crippen molar-refractivity contribution in [2.24, 2.45) is 0 Å². The van der Waals surface area contributed by atoms with Gasteiger partial charge in [0.05, 0.1) is 34.0 Å². The van der Waals surface area contributed by atoms with Crippen molar-refractivity contribution in [3.63, 3.8) is 0 Å². The molecule has 0 saturated heterocycles. The Kier molecular flexibility index (Phi) is 6.43. The molecule has 2 aromatic rings. The Balaban J connectivity index is 1.82. The Labute approximate surface area is 173 Å². The summed E-state index contributed by atoms with van der Waals surface area (Å²) in [5.74, 6) is 0.702. The van der Waals surface area contributed by atoms with Crippen LogP contribution in [0, 0.1) is 0 Å². The van der Waals surface area contributed by atoms with Crippen molar-refractivity contribution in [1.82, 2.24) is 0 Å². The molecule has 8 heteroatoms. The number of aryl methyl sites for hydroxylation is 1. The van der Waals surface area contributed by atoms with E-state index in [1.807, 2.05) is 0 Å². The summed E-state index contributed by atoms with van der Waals surface area (Å²) in [4.78, 5) is 25.8. The van der Waals surface area contributed by atoms with Gasteiger partial charge in [-0.05, 0) is 48.6 Å². The molecule has 1 aliphatic carbocycles. The second kappa shape index (κ2) is 9.00. The molecule has 29 heavy (non-hydrogen) atoms. The molecule has 1 aliphatic rings. The average molecular weight is 417 g/mol. The number of ether oxygens (including phenoxy) is 4. The number of esters is 1. The third-order valence-corrected chi connectivity index (χ3v) is 5.87. The third kappa shape index (κ3) is 4.22. The van der Waals surface area contributed by atoms with E-state index in [0.29, 0.717) is 33.4 Å². The van der Waals surface area contributed by atoms with Crippen LogP contribution in [0.3, 0.4) is 0 Å². The van der Waals surface area contributed by atoms with Crippen molar-refractivity contribution in [3.8, 4) is 17.2 Å². The number of rotatable bonds is 7. The fourth-order valence-corrected chi connectivity index (χ4v) is 4.61. The predicted molar refractivity (Wildman–Crippen MR) is 111 cm³/mol. The molecule has 1 aromatic heterocycles. The van der Waals surface area contributed by atoms with Crippen LogP contribution in [0.1, 0.15) is 32.8 Å². The van der Waals surface area contributed by atoms with Gasteiger partial charge in [-0.25, -0.2) is 4.79 Å². The number of anilines is 1. The van der Waals surface area contributed by atoms with Gasteiger partial charge in [0.2, 0.25) is 11.7 Å². The number of hydrogen-bond donors (Lipinski definition) is 1. The maximum atomic E-state index is 12.5. The van der Waals surface area contributed by atoms with E-state index in [4.69, 9.17) is 18.9 Å². The molecule has 7 nitrogen and oxygen atoms in total. The van der Waals surface area contributed by atoms with Gasteiger partial charge in [0.15, 0.2) is 11.5 Å². The monoisotopic (exact) mass is 417 g/mol. The summed E-state index contributed by atoms with van der Waals surface area (Å²) < 4.78 is 20.8. The molecule has 0 aliphatic heterocycles. The highest BCUT2D eigenvalue weighted by molar-refractivity contribution is 7.17.